The van der Waals surface area contributed by atoms with E-state index in [1.54, 1.807) is 99.1 Å². The van der Waals surface area contributed by atoms with Gasteiger partial charge in [-0.25, -0.2) is 46.2 Å². The summed E-state index contributed by atoms with van der Waals surface area (Å²) in [6.07, 6.45) is 6.12. The number of benzene rings is 4. The van der Waals surface area contributed by atoms with Crippen LogP contribution in [-0.4, -0.2) is 59.4 Å². The van der Waals surface area contributed by atoms with E-state index in [-0.39, 0.29) is 38.8 Å². The molecular weight excluding hydrogens is 768 g/mol. The molecule has 1 radical (unpaired) electrons. The third-order valence-electron chi connectivity index (χ3n) is 6.96. The number of anilines is 2. The summed E-state index contributed by atoms with van der Waals surface area (Å²) < 4.78 is 54.3. The van der Waals surface area contributed by atoms with Gasteiger partial charge in [-0.2, -0.15) is 0 Å². The first-order valence-electron chi connectivity index (χ1n) is 15.4. The van der Waals surface area contributed by atoms with Gasteiger partial charge in [0.1, 0.15) is 0 Å². The third-order valence-corrected chi connectivity index (χ3v) is 9.65. The van der Waals surface area contributed by atoms with Crippen LogP contribution in [0, 0.1) is 13.8 Å². The van der Waals surface area contributed by atoms with Crippen molar-refractivity contribution in [2.45, 2.75) is 23.6 Å². The molecule has 0 spiro atoms. The summed E-state index contributed by atoms with van der Waals surface area (Å²) in [5.41, 5.74) is 3.86. The Morgan fingerprint density at radius 1 is 0.547 bits per heavy atom. The maximum Gasteiger partial charge on any atom is 2.00 e. The minimum absolute atomic E-state index is 0. The number of aryl methyl sites for hydroxylation is 2. The van der Waals surface area contributed by atoms with Crippen LogP contribution in [0.4, 0.5) is 23.3 Å². The minimum atomic E-state index is -3.78. The number of aliphatic imine (C=N–C) groups is 2. The van der Waals surface area contributed by atoms with Crippen LogP contribution < -0.4 is 9.44 Å². The van der Waals surface area contributed by atoms with E-state index in [2.05, 4.69) is 39.4 Å². The number of aromatic nitrogens is 4. The second kappa shape index (κ2) is 18.0. The Morgan fingerprint density at radius 2 is 0.906 bits per heavy atom. The maximum absolute atomic E-state index is 12.4. The monoisotopic (exact) mass is 801 g/mol. The van der Waals surface area contributed by atoms with E-state index in [4.69, 9.17) is 10.2 Å². The van der Waals surface area contributed by atoms with E-state index in [0.717, 1.165) is 0 Å². The molecule has 6 N–H and O–H groups in total. The van der Waals surface area contributed by atoms with E-state index in [0.29, 0.717) is 45.4 Å². The maximum atomic E-state index is 12.4. The van der Waals surface area contributed by atoms with Gasteiger partial charge >= 0.3 is 17.1 Å². The van der Waals surface area contributed by atoms with Crippen molar-refractivity contribution in [1.82, 2.24) is 19.9 Å². The molecular formula is C36H34CuN8O6S2+4. The average molecular weight is 802 g/mol. The molecule has 0 saturated heterocycles. The van der Waals surface area contributed by atoms with Gasteiger partial charge in [-0.15, -0.1) is 0 Å². The molecule has 0 aliphatic heterocycles. The fraction of sp³-hybridized carbons (Fsp3) is 0.0556. The van der Waals surface area contributed by atoms with Gasteiger partial charge in [0.25, 0.3) is 31.5 Å². The first-order valence-corrected chi connectivity index (χ1v) is 18.4. The number of nitrogens with one attached hydrogen (secondary N) is 2. The second-order valence-electron chi connectivity index (χ2n) is 10.9. The van der Waals surface area contributed by atoms with Crippen LogP contribution in [0.15, 0.2) is 141 Å². The molecule has 0 atom stereocenters. The second-order valence-corrected chi connectivity index (χ2v) is 14.3. The molecule has 4 aromatic carbocycles. The van der Waals surface area contributed by atoms with Crippen molar-refractivity contribution >= 4 is 55.7 Å². The molecule has 6 rings (SSSR count). The number of para-hydroxylation sites is 2. The van der Waals surface area contributed by atoms with Crippen LogP contribution in [-0.2, 0) is 37.1 Å². The fourth-order valence-electron chi connectivity index (χ4n) is 4.28. The van der Waals surface area contributed by atoms with Crippen molar-refractivity contribution < 1.29 is 44.1 Å². The zero-order valence-electron chi connectivity index (χ0n) is 28.1. The Hall–Kier alpha value is -6.00. The van der Waals surface area contributed by atoms with Crippen LogP contribution in [0.2, 0.25) is 0 Å². The van der Waals surface area contributed by atoms with Gasteiger partial charge in [0.15, 0.2) is 0 Å². The summed E-state index contributed by atoms with van der Waals surface area (Å²) in [5.74, 6) is 0.800. The summed E-state index contributed by atoms with van der Waals surface area (Å²) in [6.45, 7) is 3.50. The van der Waals surface area contributed by atoms with Gasteiger partial charge in [0, 0.05) is 48.3 Å². The molecule has 2 aromatic heterocycles. The molecule has 0 fully saturated rings. The van der Waals surface area contributed by atoms with Crippen LogP contribution in [0.3, 0.4) is 0 Å². The van der Waals surface area contributed by atoms with Gasteiger partial charge < -0.3 is 10.2 Å². The Labute approximate surface area is 317 Å². The topological polar surface area (TPSA) is 214 Å². The molecule has 273 valence electrons. The molecule has 0 aliphatic carbocycles. The number of hydrogen-bond acceptors (Lipinski definition) is 10. The number of rotatable bonds is 10. The van der Waals surface area contributed by atoms with Crippen LogP contribution in [0.1, 0.15) is 22.5 Å². The van der Waals surface area contributed by atoms with Crippen LogP contribution in [0.25, 0.3) is 0 Å². The number of hydrogen-bond donors (Lipinski definition) is 2. The molecule has 17 heteroatoms. The Bertz CT molecular complexity index is 2280. The molecule has 0 bridgehead atoms. The molecule has 0 saturated carbocycles. The average Bonchev–Trinajstić information content (AvgIpc) is 3.11. The van der Waals surface area contributed by atoms with Gasteiger partial charge in [-0.1, -0.05) is 24.3 Å². The Morgan fingerprint density at radius 3 is 1.25 bits per heavy atom. The Kier molecular flexibility index (Phi) is 13.5. The molecule has 6 aromatic rings. The van der Waals surface area contributed by atoms with E-state index in [9.17, 15) is 16.8 Å². The van der Waals surface area contributed by atoms with Crippen LogP contribution >= 0.6 is 0 Å². The van der Waals surface area contributed by atoms with E-state index in [1.165, 1.54) is 36.7 Å². The summed E-state index contributed by atoms with van der Waals surface area (Å²) in [4.78, 5) is 24.6. The van der Waals surface area contributed by atoms with Crippen molar-refractivity contribution in [1.29, 1.82) is 0 Å². The summed E-state index contributed by atoms with van der Waals surface area (Å²) in [5, 5.41) is 15.6. The van der Waals surface area contributed by atoms with Gasteiger partial charge in [0.2, 0.25) is 11.9 Å². The zero-order valence-corrected chi connectivity index (χ0v) is 30.7. The molecule has 0 aliphatic rings. The minimum Gasteiger partial charge on any atom is -0.593 e. The quantitative estimate of drug-likeness (QED) is 0.102. The standard InChI is InChI=1S/2C18H16N4O3S.Cu/c2*1-13-10-11-19-18(21-13)22-26(24,25)16-8-6-15(7-9-16)20-12-14-4-2-3-5-17(14)23;/h2*2-12,23H,1H3,(H,19,21,22);/q;;+2/p+2. The zero-order chi connectivity index (χ0) is 37.1. The van der Waals surface area contributed by atoms with Crippen molar-refractivity contribution in [2.24, 2.45) is 9.98 Å². The molecule has 0 amide bonds. The molecule has 2 heterocycles. The van der Waals surface area contributed by atoms with Crippen molar-refractivity contribution in [2.75, 3.05) is 9.44 Å². The number of nitrogens with zero attached hydrogens (tertiary/aromatic N) is 6. The number of sulfonamides is 2. The van der Waals surface area contributed by atoms with Crippen molar-refractivity contribution in [3.05, 3.63) is 144 Å². The van der Waals surface area contributed by atoms with E-state index in [1.807, 2.05) is 12.1 Å². The first-order chi connectivity index (χ1) is 24.9. The van der Waals surface area contributed by atoms with E-state index < -0.39 is 20.0 Å². The van der Waals surface area contributed by atoms with Gasteiger partial charge in [0.05, 0.1) is 32.3 Å². The summed E-state index contributed by atoms with van der Waals surface area (Å²) >= 11 is 0. The SMILES string of the molecule is Cc1ccnc(NS(=O)(=O)c2ccc(N=Cc3ccccc3[OH2+])cc2)n1.Cc1ccnc(NS(=O)(=O)c2ccc(N=Cc3ccccc3[OH2+])cc2)n1.[Cu+2]. The molecule has 53 heavy (non-hydrogen) atoms. The predicted molar refractivity (Wildman–Crippen MR) is 202 cm³/mol. The van der Waals surface area contributed by atoms with Gasteiger partial charge in [-0.3, -0.25) is 9.98 Å². The fourth-order valence-corrected chi connectivity index (χ4v) is 6.19. The molecule has 0 unspecified atom stereocenters. The van der Waals surface area contributed by atoms with Crippen molar-refractivity contribution in [3.8, 4) is 11.5 Å². The van der Waals surface area contributed by atoms with Gasteiger partial charge in [-0.05, 0) is 86.6 Å². The normalized spacial score (nSPS) is 11.4. The first kappa shape index (κ1) is 39.8. The predicted octanol–water partition coefficient (Wildman–Crippen LogP) is 5.55. The smallest absolute Gasteiger partial charge is 0.593 e. The molecule has 14 nitrogen and oxygen atoms in total. The van der Waals surface area contributed by atoms with Crippen molar-refractivity contribution in [3.63, 3.8) is 0 Å². The largest absolute Gasteiger partial charge is 2.00 e. The summed E-state index contributed by atoms with van der Waals surface area (Å²) in [7, 11) is -7.56. The van der Waals surface area contributed by atoms with E-state index >= 15 is 0 Å². The Balaban J connectivity index is 0.000000232. The third kappa shape index (κ3) is 11.5. The van der Waals surface area contributed by atoms with Crippen LogP contribution in [0.5, 0.6) is 11.5 Å². The summed E-state index contributed by atoms with van der Waals surface area (Å²) in [6, 6.07) is 29.7.